The molecule has 3 heterocycles. The Morgan fingerprint density at radius 1 is 1.19 bits per heavy atom. The van der Waals surface area contributed by atoms with Gasteiger partial charge >= 0.3 is 0 Å². The summed E-state index contributed by atoms with van der Waals surface area (Å²) in [4.78, 5) is 39.7. The zero-order valence-electron chi connectivity index (χ0n) is 15.4. The third-order valence-corrected chi connectivity index (χ3v) is 4.60. The normalized spacial score (nSPS) is 20.7. The number of carbonyl (C=O) groups is 2. The second-order valence-electron chi connectivity index (χ2n) is 6.85. The molecule has 0 aliphatic carbocycles. The van der Waals surface area contributed by atoms with Crippen LogP contribution in [0.1, 0.15) is 30.0 Å². The summed E-state index contributed by atoms with van der Waals surface area (Å²) in [7, 11) is 0. The van der Waals surface area contributed by atoms with Gasteiger partial charge in [0.05, 0.1) is 11.4 Å². The minimum atomic E-state index is -1.79. The lowest BCUT2D eigenvalue weighted by atomic mass is 10.0. The van der Waals surface area contributed by atoms with Crippen LogP contribution < -0.4 is 0 Å². The minimum Gasteiger partial charge on any atom is -0.337 e. The number of rotatable bonds is 2. The van der Waals surface area contributed by atoms with E-state index in [-0.39, 0.29) is 34.9 Å². The van der Waals surface area contributed by atoms with Crippen LogP contribution in [0.5, 0.6) is 0 Å². The summed E-state index contributed by atoms with van der Waals surface area (Å²) in [5.41, 5.74) is 0.535. The maximum absolute atomic E-state index is 14.0. The van der Waals surface area contributed by atoms with Crippen molar-refractivity contribution in [1.82, 2.24) is 14.8 Å². The van der Waals surface area contributed by atoms with Crippen molar-refractivity contribution >= 4 is 23.5 Å². The summed E-state index contributed by atoms with van der Waals surface area (Å²) in [6.45, 7) is 6.61. The van der Waals surface area contributed by atoms with Crippen molar-refractivity contribution in [3.05, 3.63) is 29.3 Å². The van der Waals surface area contributed by atoms with Crippen molar-refractivity contribution in [2.45, 2.75) is 26.9 Å². The van der Waals surface area contributed by atoms with Crippen molar-refractivity contribution in [1.29, 1.82) is 0 Å². The topological polar surface area (TPSA) is 78.2 Å². The van der Waals surface area contributed by atoms with E-state index in [0.29, 0.717) is 26.2 Å². The molecule has 1 unspecified atom stereocenters. The Balaban J connectivity index is 1.68. The van der Waals surface area contributed by atoms with Crippen molar-refractivity contribution < 1.29 is 18.4 Å². The number of piperazine rings is 1. The first kappa shape index (κ1) is 19.1. The molecule has 1 aromatic rings. The minimum absolute atomic E-state index is 0.172. The Bertz CT molecular complexity index is 829. The van der Waals surface area contributed by atoms with Gasteiger partial charge < -0.3 is 9.80 Å². The molecule has 7 nitrogen and oxygen atoms in total. The summed E-state index contributed by atoms with van der Waals surface area (Å²) in [6.07, 6.45) is -1.79. The monoisotopic (exact) mass is 377 g/mol. The Labute approximate surface area is 155 Å². The summed E-state index contributed by atoms with van der Waals surface area (Å²) in [6, 6.07) is 2.59. The van der Waals surface area contributed by atoms with Crippen molar-refractivity contribution in [2.75, 3.05) is 26.2 Å². The summed E-state index contributed by atoms with van der Waals surface area (Å²) >= 11 is 0. The largest absolute Gasteiger partial charge is 0.337 e. The molecule has 3 rings (SSSR count). The third kappa shape index (κ3) is 3.86. The number of aryl methyl sites for hydroxylation is 1. The highest BCUT2D eigenvalue weighted by Crippen LogP contribution is 2.16. The van der Waals surface area contributed by atoms with Gasteiger partial charge in [0.2, 0.25) is 12.1 Å². The van der Waals surface area contributed by atoms with Gasteiger partial charge in [-0.15, -0.1) is 0 Å². The van der Waals surface area contributed by atoms with Gasteiger partial charge in [0.1, 0.15) is 11.5 Å². The molecule has 9 heteroatoms. The average Bonchev–Trinajstić information content (AvgIpc) is 2.65. The van der Waals surface area contributed by atoms with E-state index in [2.05, 4.69) is 15.0 Å². The van der Waals surface area contributed by atoms with Crippen LogP contribution in [0.2, 0.25) is 0 Å². The summed E-state index contributed by atoms with van der Waals surface area (Å²) in [5, 5.41) is 0. The van der Waals surface area contributed by atoms with Gasteiger partial charge in [-0.05, 0) is 25.0 Å². The number of halogens is 2. The van der Waals surface area contributed by atoms with Crippen LogP contribution in [-0.4, -0.2) is 70.6 Å². The number of aliphatic imine (C=N–C) groups is 2. The molecule has 0 spiro atoms. The van der Waals surface area contributed by atoms with Crippen LogP contribution >= 0.6 is 0 Å². The Kier molecular flexibility index (Phi) is 5.29. The molecule has 144 valence electrons. The SMILES string of the molecule is Cc1nc(C(=O)N2CCN(C3=NC(=O)C(F)C(C(C)C)=N3)CC2)ccc1F. The van der Waals surface area contributed by atoms with Gasteiger partial charge in [-0.3, -0.25) is 9.59 Å². The van der Waals surface area contributed by atoms with Crippen LogP contribution in [0.15, 0.2) is 22.1 Å². The number of hydrogen-bond acceptors (Lipinski definition) is 5. The molecule has 1 aromatic heterocycles. The molecule has 0 saturated carbocycles. The number of amides is 2. The molecule has 0 radical (unpaired) electrons. The number of nitrogens with zero attached hydrogens (tertiary/aromatic N) is 5. The Morgan fingerprint density at radius 3 is 2.44 bits per heavy atom. The zero-order valence-corrected chi connectivity index (χ0v) is 15.4. The van der Waals surface area contributed by atoms with Crippen molar-refractivity contribution in [3.63, 3.8) is 0 Å². The number of guanidine groups is 1. The number of alkyl halides is 1. The molecule has 0 bridgehead atoms. The highest BCUT2D eigenvalue weighted by Gasteiger charge is 2.33. The standard InChI is InChI=1S/C18H21F2N5O2/c1-10(2)15-14(20)16(26)23-18(22-15)25-8-6-24(7-9-25)17(27)13-5-4-12(19)11(3)21-13/h4-5,10,14H,6-9H2,1-3H3. The Hall–Kier alpha value is -2.71. The first-order valence-electron chi connectivity index (χ1n) is 8.80. The molecule has 2 aliphatic heterocycles. The van der Waals surface area contributed by atoms with Crippen LogP contribution in [0, 0.1) is 18.7 Å². The molecule has 0 aromatic carbocycles. The van der Waals surface area contributed by atoms with Gasteiger partial charge in [-0.2, -0.15) is 4.99 Å². The van der Waals surface area contributed by atoms with E-state index in [1.165, 1.54) is 19.1 Å². The predicted octanol–water partition coefficient (Wildman–Crippen LogP) is 1.62. The van der Waals surface area contributed by atoms with E-state index >= 15 is 0 Å². The molecule has 27 heavy (non-hydrogen) atoms. The second-order valence-corrected chi connectivity index (χ2v) is 6.85. The Morgan fingerprint density at radius 2 is 1.85 bits per heavy atom. The van der Waals surface area contributed by atoms with Gasteiger partial charge in [-0.1, -0.05) is 13.8 Å². The number of pyridine rings is 1. The summed E-state index contributed by atoms with van der Waals surface area (Å²) in [5.74, 6) is -1.59. The van der Waals surface area contributed by atoms with Gasteiger partial charge in [0.15, 0.2) is 0 Å². The molecule has 2 aliphatic rings. The van der Waals surface area contributed by atoms with Crippen molar-refractivity contribution in [3.8, 4) is 0 Å². The molecule has 0 N–H and O–H groups in total. The predicted molar refractivity (Wildman–Crippen MR) is 96.0 cm³/mol. The molecule has 1 atom stereocenters. The lowest BCUT2D eigenvalue weighted by Gasteiger charge is -2.36. The molecular formula is C18H21F2N5O2. The number of aromatic nitrogens is 1. The van der Waals surface area contributed by atoms with Gasteiger partial charge in [-0.25, -0.2) is 18.8 Å². The maximum Gasteiger partial charge on any atom is 0.289 e. The van der Waals surface area contributed by atoms with E-state index in [0.717, 1.165) is 0 Å². The molecule has 1 fully saturated rings. The third-order valence-electron chi connectivity index (χ3n) is 4.60. The lowest BCUT2D eigenvalue weighted by Crippen LogP contribution is -2.51. The van der Waals surface area contributed by atoms with Gasteiger partial charge in [0, 0.05) is 26.2 Å². The lowest BCUT2D eigenvalue weighted by molar-refractivity contribution is -0.120. The van der Waals surface area contributed by atoms with E-state index in [9.17, 15) is 18.4 Å². The maximum atomic E-state index is 14.0. The summed E-state index contributed by atoms with van der Waals surface area (Å²) < 4.78 is 27.3. The number of hydrogen-bond donors (Lipinski definition) is 0. The zero-order chi connectivity index (χ0) is 19.7. The number of carbonyl (C=O) groups excluding carboxylic acids is 2. The smallest absolute Gasteiger partial charge is 0.289 e. The van der Waals surface area contributed by atoms with E-state index in [1.807, 2.05) is 0 Å². The highest BCUT2D eigenvalue weighted by atomic mass is 19.1. The fraction of sp³-hybridized carbons (Fsp3) is 0.500. The first-order valence-corrected chi connectivity index (χ1v) is 8.80. The van der Waals surface area contributed by atoms with Crippen molar-refractivity contribution in [2.24, 2.45) is 15.9 Å². The average molecular weight is 377 g/mol. The quantitative estimate of drug-likeness (QED) is 0.785. The van der Waals surface area contributed by atoms with Crippen LogP contribution in [0.25, 0.3) is 0 Å². The van der Waals surface area contributed by atoms with Crippen LogP contribution in [0.4, 0.5) is 8.78 Å². The molecule has 1 saturated heterocycles. The van der Waals surface area contributed by atoms with Crippen LogP contribution in [0.3, 0.4) is 0 Å². The van der Waals surface area contributed by atoms with E-state index in [4.69, 9.17) is 0 Å². The molecule has 2 amide bonds. The fourth-order valence-corrected chi connectivity index (χ4v) is 2.98. The van der Waals surface area contributed by atoms with Gasteiger partial charge in [0.25, 0.3) is 11.8 Å². The highest BCUT2D eigenvalue weighted by molar-refractivity contribution is 6.18. The van der Waals surface area contributed by atoms with E-state index < -0.39 is 17.9 Å². The fourth-order valence-electron chi connectivity index (χ4n) is 2.98. The second kappa shape index (κ2) is 7.50. The first-order chi connectivity index (χ1) is 12.8. The molecular weight excluding hydrogens is 356 g/mol. The van der Waals surface area contributed by atoms with E-state index in [1.54, 1.807) is 23.6 Å². The van der Waals surface area contributed by atoms with Crippen LogP contribution in [-0.2, 0) is 4.79 Å².